The Morgan fingerprint density at radius 3 is 2.64 bits per heavy atom. The van der Waals surface area contributed by atoms with Crippen molar-refractivity contribution in [3.05, 3.63) is 58.4 Å². The van der Waals surface area contributed by atoms with Gasteiger partial charge in [0.25, 0.3) is 0 Å². The van der Waals surface area contributed by atoms with Crippen LogP contribution in [0.4, 0.5) is 5.69 Å². The van der Waals surface area contributed by atoms with Crippen LogP contribution in [0.25, 0.3) is 11.0 Å². The molecule has 1 amide bonds. The lowest BCUT2D eigenvalue weighted by Gasteiger charge is -2.34. The highest BCUT2D eigenvalue weighted by atomic mass is 35.5. The fourth-order valence-corrected chi connectivity index (χ4v) is 6.08. The van der Waals surface area contributed by atoms with Crippen molar-refractivity contribution in [2.75, 3.05) is 25.0 Å². The first-order valence-electron chi connectivity index (χ1n) is 12.3. The third-order valence-electron chi connectivity index (χ3n) is 7.68. The minimum Gasteiger partial charge on any atom is -0.326 e. The SMILES string of the molecule is Cc1ccc2c(c1)nc(Cl)n2C1CCN(C[C@@H]2Cc3ccc(NC(=O)C4CC4)cc3C2)CC1. The molecular weight excluding hydrogens is 432 g/mol. The zero-order valence-electron chi connectivity index (χ0n) is 19.2. The van der Waals surface area contributed by atoms with Gasteiger partial charge in [-0.1, -0.05) is 12.1 Å². The molecule has 5 nitrogen and oxygen atoms in total. The summed E-state index contributed by atoms with van der Waals surface area (Å²) in [4.78, 5) is 19.3. The number of halogens is 1. The number of aromatic nitrogens is 2. The van der Waals surface area contributed by atoms with Gasteiger partial charge in [-0.05, 0) is 104 Å². The maximum absolute atomic E-state index is 12.1. The molecule has 0 spiro atoms. The molecule has 3 aromatic rings. The lowest BCUT2D eigenvalue weighted by molar-refractivity contribution is -0.117. The van der Waals surface area contributed by atoms with Crippen LogP contribution in [0.3, 0.4) is 0 Å². The van der Waals surface area contributed by atoms with Gasteiger partial charge in [-0.2, -0.15) is 0 Å². The Labute approximate surface area is 200 Å². The van der Waals surface area contributed by atoms with E-state index in [9.17, 15) is 4.79 Å². The molecule has 6 rings (SSSR count). The van der Waals surface area contributed by atoms with E-state index in [4.69, 9.17) is 11.6 Å². The molecule has 6 heteroatoms. The topological polar surface area (TPSA) is 50.2 Å². The predicted molar refractivity (Wildman–Crippen MR) is 133 cm³/mol. The molecule has 2 aliphatic carbocycles. The van der Waals surface area contributed by atoms with Crippen molar-refractivity contribution < 1.29 is 4.79 Å². The largest absolute Gasteiger partial charge is 0.326 e. The fraction of sp³-hybridized carbons (Fsp3) is 0.481. The Bertz CT molecular complexity index is 1210. The number of hydrogen-bond acceptors (Lipinski definition) is 3. The molecule has 2 aromatic carbocycles. The molecule has 0 bridgehead atoms. The predicted octanol–water partition coefficient (Wildman–Crippen LogP) is 5.40. The number of nitrogens with one attached hydrogen (secondary N) is 1. The molecule has 1 saturated carbocycles. The van der Waals surface area contributed by atoms with Crippen LogP contribution in [-0.4, -0.2) is 40.0 Å². The first-order chi connectivity index (χ1) is 16.0. The summed E-state index contributed by atoms with van der Waals surface area (Å²) in [6.45, 7) is 5.43. The van der Waals surface area contributed by atoms with E-state index in [1.807, 2.05) is 0 Å². The van der Waals surface area contributed by atoms with Crippen LogP contribution in [-0.2, 0) is 17.6 Å². The van der Waals surface area contributed by atoms with Gasteiger partial charge < -0.3 is 14.8 Å². The van der Waals surface area contributed by atoms with E-state index in [0.29, 0.717) is 17.2 Å². The normalized spacial score (nSPS) is 21.5. The lowest BCUT2D eigenvalue weighted by atomic mass is 10.0. The number of carbonyl (C=O) groups excluding carboxylic acids is 1. The number of nitrogens with zero attached hydrogens (tertiary/aromatic N) is 3. The van der Waals surface area contributed by atoms with Gasteiger partial charge in [-0.25, -0.2) is 4.98 Å². The zero-order chi connectivity index (χ0) is 22.5. The van der Waals surface area contributed by atoms with Crippen molar-refractivity contribution in [2.45, 2.75) is 51.5 Å². The summed E-state index contributed by atoms with van der Waals surface area (Å²) in [5.74, 6) is 1.09. The summed E-state index contributed by atoms with van der Waals surface area (Å²) in [6.07, 6.45) is 6.55. The highest BCUT2D eigenvalue weighted by Gasteiger charge is 2.31. The third-order valence-corrected chi connectivity index (χ3v) is 7.95. The molecule has 33 heavy (non-hydrogen) atoms. The smallest absolute Gasteiger partial charge is 0.227 e. The molecular formula is C27H31ClN4O. The summed E-state index contributed by atoms with van der Waals surface area (Å²) >= 11 is 6.56. The average molecular weight is 463 g/mol. The van der Waals surface area contributed by atoms with Gasteiger partial charge >= 0.3 is 0 Å². The molecule has 2 fully saturated rings. The summed E-state index contributed by atoms with van der Waals surface area (Å²) < 4.78 is 2.25. The van der Waals surface area contributed by atoms with Crippen LogP contribution in [0.15, 0.2) is 36.4 Å². The Morgan fingerprint density at radius 2 is 1.85 bits per heavy atom. The summed E-state index contributed by atoms with van der Waals surface area (Å²) in [7, 11) is 0. The number of carbonyl (C=O) groups is 1. The first-order valence-corrected chi connectivity index (χ1v) is 12.7. The first kappa shape index (κ1) is 21.2. The highest BCUT2D eigenvalue weighted by Crippen LogP contribution is 2.35. The van der Waals surface area contributed by atoms with Crippen LogP contribution >= 0.6 is 11.6 Å². The molecule has 1 aromatic heterocycles. The van der Waals surface area contributed by atoms with E-state index < -0.39 is 0 Å². The molecule has 1 aliphatic heterocycles. The second-order valence-corrected chi connectivity index (χ2v) is 10.6. The molecule has 0 unspecified atom stereocenters. The minimum atomic E-state index is 0.188. The number of fused-ring (bicyclic) bond motifs is 2. The van der Waals surface area contributed by atoms with E-state index in [2.05, 4.69) is 63.1 Å². The second-order valence-electron chi connectivity index (χ2n) is 10.3. The molecule has 1 atom stereocenters. The van der Waals surface area contributed by atoms with Gasteiger partial charge in [0, 0.05) is 37.3 Å². The van der Waals surface area contributed by atoms with Gasteiger partial charge in [0.2, 0.25) is 11.2 Å². The molecule has 172 valence electrons. The Balaban J connectivity index is 1.06. The zero-order valence-corrected chi connectivity index (χ0v) is 19.9. The van der Waals surface area contributed by atoms with Crippen molar-refractivity contribution in [3.8, 4) is 0 Å². The number of anilines is 1. The van der Waals surface area contributed by atoms with Crippen molar-refractivity contribution >= 4 is 34.2 Å². The van der Waals surface area contributed by atoms with Crippen LogP contribution < -0.4 is 5.32 Å². The van der Waals surface area contributed by atoms with Gasteiger partial charge in [0.15, 0.2) is 0 Å². The van der Waals surface area contributed by atoms with E-state index in [1.165, 1.54) is 16.7 Å². The van der Waals surface area contributed by atoms with E-state index in [-0.39, 0.29) is 11.8 Å². The quantitative estimate of drug-likeness (QED) is 0.552. The minimum absolute atomic E-state index is 0.188. The van der Waals surface area contributed by atoms with Gasteiger partial charge in [0.05, 0.1) is 11.0 Å². The van der Waals surface area contributed by atoms with Crippen molar-refractivity contribution in [1.82, 2.24) is 14.5 Å². The summed E-state index contributed by atoms with van der Waals surface area (Å²) in [5.41, 5.74) is 7.20. The number of aryl methyl sites for hydroxylation is 1. The van der Waals surface area contributed by atoms with Crippen molar-refractivity contribution in [3.63, 3.8) is 0 Å². The lowest BCUT2D eigenvalue weighted by Crippen LogP contribution is -2.38. The van der Waals surface area contributed by atoms with E-state index in [0.717, 1.165) is 74.9 Å². The standard InChI is InChI=1S/C27H31ClN4O/c1-17-2-7-25-24(12-17)30-27(28)32(25)23-8-10-31(11-9-23)16-18-13-20-5-6-22(15-21(20)14-18)29-26(33)19-3-4-19/h2,5-7,12,15,18-19,23H,3-4,8-11,13-14,16H2,1H3,(H,29,33)/t18-/m1/s1. The summed E-state index contributed by atoms with van der Waals surface area (Å²) in [5, 5.41) is 3.72. The van der Waals surface area contributed by atoms with Gasteiger partial charge in [-0.3, -0.25) is 4.79 Å². The number of amides is 1. The Hall–Kier alpha value is -2.37. The van der Waals surface area contributed by atoms with Crippen LogP contribution in [0, 0.1) is 18.8 Å². The fourth-order valence-electron chi connectivity index (χ4n) is 5.76. The highest BCUT2D eigenvalue weighted by molar-refractivity contribution is 6.29. The van der Waals surface area contributed by atoms with Crippen LogP contribution in [0.5, 0.6) is 0 Å². The maximum atomic E-state index is 12.1. The second kappa shape index (κ2) is 8.44. The summed E-state index contributed by atoms with van der Waals surface area (Å²) in [6, 6.07) is 13.3. The number of piperidine rings is 1. The molecule has 3 aliphatic rings. The number of imidazole rings is 1. The van der Waals surface area contributed by atoms with Crippen LogP contribution in [0.2, 0.25) is 5.28 Å². The Kier molecular flexibility index (Phi) is 5.42. The molecule has 2 heterocycles. The van der Waals surface area contributed by atoms with Crippen LogP contribution in [0.1, 0.15) is 48.4 Å². The average Bonchev–Trinajstić information content (AvgIpc) is 3.50. The third kappa shape index (κ3) is 4.29. The van der Waals surface area contributed by atoms with Crippen molar-refractivity contribution in [1.29, 1.82) is 0 Å². The number of benzene rings is 2. The number of hydrogen-bond donors (Lipinski definition) is 1. The Morgan fingerprint density at radius 1 is 1.06 bits per heavy atom. The molecule has 1 N–H and O–H groups in total. The molecule has 1 saturated heterocycles. The van der Waals surface area contributed by atoms with Crippen molar-refractivity contribution in [2.24, 2.45) is 11.8 Å². The number of likely N-dealkylation sites (tertiary alicyclic amines) is 1. The number of rotatable bonds is 5. The van der Waals surface area contributed by atoms with E-state index >= 15 is 0 Å². The maximum Gasteiger partial charge on any atom is 0.227 e. The van der Waals surface area contributed by atoms with E-state index in [1.54, 1.807) is 0 Å². The van der Waals surface area contributed by atoms with Gasteiger partial charge in [0.1, 0.15) is 0 Å². The molecule has 0 radical (unpaired) electrons. The monoisotopic (exact) mass is 462 g/mol. The van der Waals surface area contributed by atoms with Gasteiger partial charge in [-0.15, -0.1) is 0 Å².